The molecule has 1 aliphatic heterocycles. The van der Waals surface area contributed by atoms with Gasteiger partial charge in [-0.3, -0.25) is 4.68 Å². The van der Waals surface area contributed by atoms with Crippen LogP contribution in [-0.2, 0) is 13.5 Å². The van der Waals surface area contributed by atoms with Crippen LogP contribution >= 0.6 is 0 Å². The van der Waals surface area contributed by atoms with Crippen molar-refractivity contribution in [3.8, 4) is 11.1 Å². The number of rotatable bonds is 3. The zero-order valence-corrected chi connectivity index (χ0v) is 17.2. The number of fused-ring (bicyclic) bond motifs is 2. The van der Waals surface area contributed by atoms with Gasteiger partial charge in [-0.2, -0.15) is 5.10 Å². The van der Waals surface area contributed by atoms with Crippen LogP contribution in [-0.4, -0.2) is 31.3 Å². The summed E-state index contributed by atoms with van der Waals surface area (Å²) in [6, 6.07) is 5.33. The van der Waals surface area contributed by atoms with E-state index in [1.165, 1.54) is 0 Å². The molecule has 1 aromatic carbocycles. The van der Waals surface area contributed by atoms with E-state index in [4.69, 9.17) is 0 Å². The average molecular weight is 410 g/mol. The lowest BCUT2D eigenvalue weighted by molar-refractivity contribution is 0.152. The van der Waals surface area contributed by atoms with Gasteiger partial charge in [0, 0.05) is 42.8 Å². The van der Waals surface area contributed by atoms with Crippen LogP contribution in [0.5, 0.6) is 0 Å². The molecule has 156 valence electrons. The number of aromatic amines is 1. The number of H-pyrrole nitrogens is 1. The zero-order chi connectivity index (χ0) is 21.3. The Kier molecular flexibility index (Phi) is 5.48. The third-order valence-corrected chi connectivity index (χ3v) is 5.14. The highest BCUT2D eigenvalue weighted by Crippen LogP contribution is 2.40. The van der Waals surface area contributed by atoms with Crippen LogP contribution in [0.15, 0.2) is 43.0 Å². The highest BCUT2D eigenvalue weighted by Gasteiger charge is 2.25. The smallest absolute Gasteiger partial charge is 0.264 e. The summed E-state index contributed by atoms with van der Waals surface area (Å²) in [5.41, 5.74) is 4.52. The molecule has 5 rings (SSSR count). The van der Waals surface area contributed by atoms with Crippen molar-refractivity contribution >= 4 is 22.7 Å². The Bertz CT molecular complexity index is 1160. The van der Waals surface area contributed by atoms with Crippen molar-refractivity contribution in [2.45, 2.75) is 33.1 Å². The molecule has 0 atom stereocenters. The van der Waals surface area contributed by atoms with Gasteiger partial charge in [-0.25, -0.2) is 18.7 Å². The maximum Gasteiger partial charge on any atom is 0.264 e. The van der Waals surface area contributed by atoms with Crippen LogP contribution in [0.4, 0.5) is 20.3 Å². The van der Waals surface area contributed by atoms with Gasteiger partial charge in [0.15, 0.2) is 11.5 Å². The maximum atomic E-state index is 13.9. The number of aryl methyl sites for hydroxylation is 2. The lowest BCUT2D eigenvalue weighted by Crippen LogP contribution is -2.26. The molecule has 1 aliphatic rings. The fraction of sp³-hybridized carbons (Fsp3) is 0.318. The lowest BCUT2D eigenvalue weighted by atomic mass is 9.93. The Morgan fingerprint density at radius 2 is 2.00 bits per heavy atom. The zero-order valence-electron chi connectivity index (χ0n) is 17.2. The van der Waals surface area contributed by atoms with E-state index in [-0.39, 0.29) is 5.56 Å². The Balaban J connectivity index is 0.00000106. The predicted molar refractivity (Wildman–Crippen MR) is 114 cm³/mol. The monoisotopic (exact) mass is 410 g/mol. The molecular weight excluding hydrogens is 386 g/mol. The summed E-state index contributed by atoms with van der Waals surface area (Å²) in [6.07, 6.45) is 6.03. The normalized spacial score (nSPS) is 13.3. The summed E-state index contributed by atoms with van der Waals surface area (Å²) in [6.45, 7) is 4.71. The van der Waals surface area contributed by atoms with E-state index in [1.54, 1.807) is 42.6 Å². The number of alkyl halides is 2. The number of aromatic nitrogens is 5. The number of hydrogen-bond acceptors (Lipinski definition) is 4. The molecule has 0 fully saturated rings. The quantitative estimate of drug-likeness (QED) is 0.491. The largest absolute Gasteiger partial charge is 0.345 e. The third-order valence-electron chi connectivity index (χ3n) is 5.14. The number of halogens is 2. The summed E-state index contributed by atoms with van der Waals surface area (Å²) in [4.78, 5) is 14.0. The van der Waals surface area contributed by atoms with Crippen molar-refractivity contribution in [3.05, 3.63) is 54.1 Å². The predicted octanol–water partition coefficient (Wildman–Crippen LogP) is 5.41. The molecule has 0 unspecified atom stereocenters. The lowest BCUT2D eigenvalue weighted by Gasteiger charge is -2.31. The van der Waals surface area contributed by atoms with E-state index < -0.39 is 6.43 Å². The molecule has 4 heterocycles. The standard InChI is InChI=1S/C20H18F2N6.C2H6/c1-27-11-13(9-25-27)14-7-12-3-2-6-28(17(12)8-15(14)19(21)22)18-10-24-20-16(26-18)4-5-23-20;1-2/h4-5,7-11,19H,2-3,6H2,1H3,(H,23,24);1-2H3. The van der Waals surface area contributed by atoms with Crippen LogP contribution in [0.3, 0.4) is 0 Å². The SMILES string of the molecule is CC.Cn1cc(-c2cc3c(cc2C(F)F)N(c2cnc4[nH]ccc4n2)CCC3)cn1. The van der Waals surface area contributed by atoms with Gasteiger partial charge in [0.1, 0.15) is 5.52 Å². The Morgan fingerprint density at radius 1 is 1.17 bits per heavy atom. The van der Waals surface area contributed by atoms with Gasteiger partial charge >= 0.3 is 0 Å². The van der Waals surface area contributed by atoms with Crippen molar-refractivity contribution in [1.82, 2.24) is 24.7 Å². The number of anilines is 2. The molecular formula is C22H24F2N6. The van der Waals surface area contributed by atoms with Crippen molar-refractivity contribution in [1.29, 1.82) is 0 Å². The van der Waals surface area contributed by atoms with E-state index in [9.17, 15) is 8.78 Å². The molecule has 8 heteroatoms. The number of benzene rings is 1. The minimum Gasteiger partial charge on any atom is -0.345 e. The van der Waals surface area contributed by atoms with Crippen molar-refractivity contribution in [3.63, 3.8) is 0 Å². The van der Waals surface area contributed by atoms with Gasteiger partial charge in [-0.1, -0.05) is 13.8 Å². The van der Waals surface area contributed by atoms with Gasteiger partial charge < -0.3 is 9.88 Å². The van der Waals surface area contributed by atoms with E-state index in [2.05, 4.69) is 20.1 Å². The average Bonchev–Trinajstić information content (AvgIpc) is 3.42. The van der Waals surface area contributed by atoms with Crippen LogP contribution in [0, 0.1) is 0 Å². The molecule has 0 saturated carbocycles. The first kappa shape index (κ1) is 20.0. The van der Waals surface area contributed by atoms with Gasteiger partial charge in [-0.05, 0) is 42.2 Å². The topological polar surface area (TPSA) is 62.6 Å². The second kappa shape index (κ2) is 8.22. The highest BCUT2D eigenvalue weighted by atomic mass is 19.3. The van der Waals surface area contributed by atoms with E-state index in [0.717, 1.165) is 29.6 Å². The van der Waals surface area contributed by atoms with Crippen molar-refractivity contribution in [2.24, 2.45) is 7.05 Å². The van der Waals surface area contributed by atoms with Crippen LogP contribution in [0.25, 0.3) is 22.3 Å². The molecule has 0 spiro atoms. The van der Waals surface area contributed by atoms with E-state index >= 15 is 0 Å². The third kappa shape index (κ3) is 3.53. The van der Waals surface area contributed by atoms with Crippen LogP contribution in [0.1, 0.15) is 37.8 Å². The molecule has 6 nitrogen and oxygen atoms in total. The fourth-order valence-corrected chi connectivity index (χ4v) is 3.83. The van der Waals surface area contributed by atoms with Crippen molar-refractivity contribution in [2.75, 3.05) is 11.4 Å². The summed E-state index contributed by atoms with van der Waals surface area (Å²) < 4.78 is 29.4. The van der Waals surface area contributed by atoms with E-state index in [1.807, 2.05) is 30.9 Å². The molecule has 0 saturated heterocycles. The molecule has 1 N–H and O–H groups in total. The fourth-order valence-electron chi connectivity index (χ4n) is 3.83. The Hall–Kier alpha value is -3.29. The Labute approximate surface area is 173 Å². The maximum absolute atomic E-state index is 13.9. The highest BCUT2D eigenvalue weighted by molar-refractivity contribution is 5.78. The first-order valence-electron chi connectivity index (χ1n) is 10.1. The second-order valence-electron chi connectivity index (χ2n) is 6.97. The van der Waals surface area contributed by atoms with Gasteiger partial charge in [0.2, 0.25) is 0 Å². The van der Waals surface area contributed by atoms with Gasteiger partial charge in [0.05, 0.1) is 12.4 Å². The van der Waals surface area contributed by atoms with E-state index in [0.29, 0.717) is 29.1 Å². The first-order valence-corrected chi connectivity index (χ1v) is 10.1. The van der Waals surface area contributed by atoms with Gasteiger partial charge in [-0.15, -0.1) is 0 Å². The summed E-state index contributed by atoms with van der Waals surface area (Å²) in [7, 11) is 1.78. The number of hydrogen-bond donors (Lipinski definition) is 1. The van der Waals surface area contributed by atoms with Gasteiger partial charge in [0.25, 0.3) is 6.43 Å². The van der Waals surface area contributed by atoms with Crippen molar-refractivity contribution < 1.29 is 8.78 Å². The van der Waals surface area contributed by atoms with Crippen LogP contribution < -0.4 is 4.90 Å². The minimum atomic E-state index is -2.58. The number of nitrogens with one attached hydrogen (secondary N) is 1. The molecule has 30 heavy (non-hydrogen) atoms. The molecule has 0 radical (unpaired) electrons. The summed E-state index contributed by atoms with van der Waals surface area (Å²) >= 11 is 0. The van der Waals surface area contributed by atoms with Crippen LogP contribution in [0.2, 0.25) is 0 Å². The molecule has 0 amide bonds. The summed E-state index contributed by atoms with van der Waals surface area (Å²) in [5.74, 6) is 0.669. The molecule has 4 aromatic rings. The Morgan fingerprint density at radius 3 is 2.73 bits per heavy atom. The molecule has 0 aliphatic carbocycles. The first-order chi connectivity index (χ1) is 14.6. The number of nitrogens with zero attached hydrogens (tertiary/aromatic N) is 5. The molecule has 3 aromatic heterocycles. The second-order valence-corrected chi connectivity index (χ2v) is 6.97. The summed E-state index contributed by atoms with van der Waals surface area (Å²) in [5, 5.41) is 4.13. The molecule has 0 bridgehead atoms. The minimum absolute atomic E-state index is 0.00864.